The van der Waals surface area contributed by atoms with Crippen LogP contribution in [0.1, 0.15) is 12.8 Å². The molecule has 12 heavy (non-hydrogen) atoms. The van der Waals surface area contributed by atoms with Crippen molar-refractivity contribution in [3.05, 3.63) is 0 Å². The van der Waals surface area contributed by atoms with Crippen molar-refractivity contribution in [1.82, 2.24) is 0 Å². The van der Waals surface area contributed by atoms with Crippen molar-refractivity contribution in [1.29, 1.82) is 0 Å². The minimum Gasteiger partial charge on any atom is -0.380 e. The van der Waals surface area contributed by atoms with Crippen molar-refractivity contribution in [2.75, 3.05) is 11.5 Å². The SMILES string of the molecule is C#CC(O)CC1CCS(=O)(=O)C1. The molecule has 4 heteroatoms. The molecule has 0 radical (unpaired) electrons. The summed E-state index contributed by atoms with van der Waals surface area (Å²) >= 11 is 0. The number of aliphatic hydroxyl groups excluding tert-OH is 1. The first kappa shape index (κ1) is 9.56. The Morgan fingerprint density at radius 2 is 2.33 bits per heavy atom. The monoisotopic (exact) mass is 188 g/mol. The van der Waals surface area contributed by atoms with Crippen molar-refractivity contribution >= 4 is 9.84 Å². The summed E-state index contributed by atoms with van der Waals surface area (Å²) in [4.78, 5) is 0. The topological polar surface area (TPSA) is 54.4 Å². The van der Waals surface area contributed by atoms with E-state index in [-0.39, 0.29) is 17.4 Å². The second-order valence-electron chi connectivity index (χ2n) is 3.19. The molecule has 0 spiro atoms. The lowest BCUT2D eigenvalue weighted by molar-refractivity contribution is 0.201. The van der Waals surface area contributed by atoms with Crippen molar-refractivity contribution in [3.63, 3.8) is 0 Å². The Bertz CT molecular complexity index is 286. The molecule has 68 valence electrons. The zero-order valence-corrected chi connectivity index (χ0v) is 7.55. The van der Waals surface area contributed by atoms with E-state index in [1.807, 2.05) is 0 Å². The summed E-state index contributed by atoms with van der Waals surface area (Å²) in [7, 11) is -2.83. The van der Waals surface area contributed by atoms with Gasteiger partial charge in [-0.25, -0.2) is 8.42 Å². The molecule has 0 bridgehead atoms. The first-order valence-electron chi connectivity index (χ1n) is 3.88. The van der Waals surface area contributed by atoms with E-state index >= 15 is 0 Å². The Balaban J connectivity index is 2.45. The quantitative estimate of drug-likeness (QED) is 0.611. The highest BCUT2D eigenvalue weighted by Crippen LogP contribution is 2.22. The molecule has 1 N–H and O–H groups in total. The lowest BCUT2D eigenvalue weighted by Crippen LogP contribution is -2.12. The smallest absolute Gasteiger partial charge is 0.150 e. The average molecular weight is 188 g/mol. The second kappa shape index (κ2) is 3.46. The molecular formula is C8H12O3S. The maximum atomic E-state index is 11.0. The van der Waals surface area contributed by atoms with Gasteiger partial charge in [0.2, 0.25) is 0 Å². The van der Waals surface area contributed by atoms with Gasteiger partial charge >= 0.3 is 0 Å². The minimum atomic E-state index is -2.83. The Morgan fingerprint density at radius 3 is 2.75 bits per heavy atom. The zero-order valence-electron chi connectivity index (χ0n) is 6.73. The average Bonchev–Trinajstić information content (AvgIpc) is 2.30. The third kappa shape index (κ3) is 2.50. The first-order valence-corrected chi connectivity index (χ1v) is 5.70. The summed E-state index contributed by atoms with van der Waals surface area (Å²) in [6.45, 7) is 0. The highest BCUT2D eigenvalue weighted by molar-refractivity contribution is 7.91. The lowest BCUT2D eigenvalue weighted by atomic mass is 10.0. The molecule has 1 aliphatic heterocycles. The van der Waals surface area contributed by atoms with Gasteiger partial charge in [-0.3, -0.25) is 0 Å². The van der Waals surface area contributed by atoms with Crippen LogP contribution in [-0.4, -0.2) is 31.1 Å². The molecule has 0 saturated carbocycles. The van der Waals surface area contributed by atoms with Crippen molar-refractivity contribution in [2.24, 2.45) is 5.92 Å². The van der Waals surface area contributed by atoms with Crippen LogP contribution in [0.2, 0.25) is 0 Å². The molecule has 0 aliphatic carbocycles. The second-order valence-corrected chi connectivity index (χ2v) is 5.42. The van der Waals surface area contributed by atoms with Crippen LogP contribution < -0.4 is 0 Å². The van der Waals surface area contributed by atoms with Crippen molar-refractivity contribution in [2.45, 2.75) is 18.9 Å². The molecule has 2 atom stereocenters. The van der Waals surface area contributed by atoms with Crippen LogP contribution in [0.15, 0.2) is 0 Å². The molecule has 1 aliphatic rings. The lowest BCUT2D eigenvalue weighted by Gasteiger charge is -2.07. The summed E-state index contributed by atoms with van der Waals surface area (Å²) in [5.74, 6) is 2.67. The Labute approximate surface area is 72.7 Å². The molecule has 1 saturated heterocycles. The van der Waals surface area contributed by atoms with Gasteiger partial charge in [-0.1, -0.05) is 5.92 Å². The molecule has 1 fully saturated rings. The van der Waals surface area contributed by atoms with Crippen LogP contribution in [0.3, 0.4) is 0 Å². The number of sulfone groups is 1. The van der Waals surface area contributed by atoms with Gasteiger partial charge in [0, 0.05) is 0 Å². The van der Waals surface area contributed by atoms with Gasteiger partial charge in [0.15, 0.2) is 9.84 Å². The van der Waals surface area contributed by atoms with Gasteiger partial charge in [0.25, 0.3) is 0 Å². The summed E-state index contributed by atoms with van der Waals surface area (Å²) in [6, 6.07) is 0. The van der Waals surface area contributed by atoms with Gasteiger partial charge in [0.05, 0.1) is 11.5 Å². The molecular weight excluding hydrogens is 176 g/mol. The molecule has 2 unspecified atom stereocenters. The molecule has 1 heterocycles. The van der Waals surface area contributed by atoms with E-state index in [9.17, 15) is 8.42 Å². The number of hydrogen-bond donors (Lipinski definition) is 1. The molecule has 3 nitrogen and oxygen atoms in total. The third-order valence-electron chi connectivity index (χ3n) is 2.08. The van der Waals surface area contributed by atoms with Crippen molar-refractivity contribution < 1.29 is 13.5 Å². The van der Waals surface area contributed by atoms with E-state index in [4.69, 9.17) is 11.5 Å². The zero-order chi connectivity index (χ0) is 9.19. The van der Waals surface area contributed by atoms with Gasteiger partial charge in [0.1, 0.15) is 6.10 Å². The van der Waals surface area contributed by atoms with Crippen LogP contribution in [0.5, 0.6) is 0 Å². The summed E-state index contributed by atoms with van der Waals surface area (Å²) in [5, 5.41) is 9.06. The van der Waals surface area contributed by atoms with E-state index < -0.39 is 15.9 Å². The van der Waals surface area contributed by atoms with Crippen LogP contribution >= 0.6 is 0 Å². The molecule has 0 aromatic carbocycles. The predicted octanol–water partition coefficient (Wildman–Crippen LogP) is -0.195. The maximum absolute atomic E-state index is 11.0. The standard InChI is InChI=1S/C8H12O3S/c1-2-8(9)5-7-3-4-12(10,11)6-7/h1,7-9H,3-6H2. The third-order valence-corrected chi connectivity index (χ3v) is 3.91. The highest BCUT2D eigenvalue weighted by atomic mass is 32.2. The van der Waals surface area contributed by atoms with E-state index in [1.165, 1.54) is 0 Å². The van der Waals surface area contributed by atoms with Crippen LogP contribution in [0.4, 0.5) is 0 Å². The number of rotatable bonds is 2. The molecule has 0 aromatic rings. The minimum absolute atomic E-state index is 0.0565. The summed E-state index contributed by atoms with van der Waals surface area (Å²) < 4.78 is 22.0. The molecule has 0 aromatic heterocycles. The fourth-order valence-electron chi connectivity index (χ4n) is 1.44. The molecule has 1 rings (SSSR count). The number of aliphatic hydroxyl groups is 1. The summed E-state index contributed by atoms with van der Waals surface area (Å²) in [6.07, 6.45) is 5.23. The maximum Gasteiger partial charge on any atom is 0.150 e. The van der Waals surface area contributed by atoms with E-state index in [0.717, 1.165) is 0 Å². The van der Waals surface area contributed by atoms with E-state index in [1.54, 1.807) is 0 Å². The highest BCUT2D eigenvalue weighted by Gasteiger charge is 2.28. The van der Waals surface area contributed by atoms with Gasteiger partial charge < -0.3 is 5.11 Å². The normalized spacial score (nSPS) is 29.5. The van der Waals surface area contributed by atoms with Crippen LogP contribution in [0.25, 0.3) is 0 Å². The number of terminal acetylenes is 1. The van der Waals surface area contributed by atoms with Gasteiger partial charge in [-0.05, 0) is 18.8 Å². The Kier molecular flexibility index (Phi) is 2.76. The summed E-state index contributed by atoms with van der Waals surface area (Å²) in [5.41, 5.74) is 0. The fraction of sp³-hybridized carbons (Fsp3) is 0.750. The van der Waals surface area contributed by atoms with E-state index in [0.29, 0.717) is 12.8 Å². The van der Waals surface area contributed by atoms with Gasteiger partial charge in [-0.15, -0.1) is 6.42 Å². The Morgan fingerprint density at radius 1 is 1.67 bits per heavy atom. The van der Waals surface area contributed by atoms with Gasteiger partial charge in [-0.2, -0.15) is 0 Å². The van der Waals surface area contributed by atoms with Crippen molar-refractivity contribution in [3.8, 4) is 12.3 Å². The molecule has 0 amide bonds. The fourth-order valence-corrected chi connectivity index (χ4v) is 3.32. The number of hydrogen-bond acceptors (Lipinski definition) is 3. The van der Waals surface area contributed by atoms with Crippen LogP contribution in [0, 0.1) is 18.3 Å². The predicted molar refractivity (Wildman–Crippen MR) is 46.2 cm³/mol. The largest absolute Gasteiger partial charge is 0.380 e. The first-order chi connectivity index (χ1) is 5.53. The van der Waals surface area contributed by atoms with E-state index in [2.05, 4.69) is 5.92 Å². The van der Waals surface area contributed by atoms with Crippen LogP contribution in [-0.2, 0) is 9.84 Å². The Hall–Kier alpha value is -0.530.